The molecule has 2 aliphatic rings. The molecule has 214 valence electrons. The third-order valence-electron chi connectivity index (χ3n) is 7.54. The number of carboxylic acids is 1. The summed E-state index contributed by atoms with van der Waals surface area (Å²) in [6.45, 7) is 1.81. The summed E-state index contributed by atoms with van der Waals surface area (Å²) < 4.78 is 41.4. The summed E-state index contributed by atoms with van der Waals surface area (Å²) in [7, 11) is 0. The van der Waals surface area contributed by atoms with Crippen LogP contribution in [0.3, 0.4) is 0 Å². The van der Waals surface area contributed by atoms with Gasteiger partial charge in [0.15, 0.2) is 0 Å². The Morgan fingerprint density at radius 2 is 1.77 bits per heavy atom. The fourth-order valence-corrected chi connectivity index (χ4v) is 5.36. The van der Waals surface area contributed by atoms with Gasteiger partial charge in [0.25, 0.3) is 0 Å². The highest BCUT2D eigenvalue weighted by Crippen LogP contribution is 2.34. The molecule has 12 heteroatoms. The number of piperidine rings is 1. The number of benzene rings is 1. The van der Waals surface area contributed by atoms with Crippen LogP contribution >= 0.6 is 0 Å². The third kappa shape index (κ3) is 7.61. The highest BCUT2D eigenvalue weighted by Gasteiger charge is 2.38. The van der Waals surface area contributed by atoms with E-state index in [0.717, 1.165) is 24.8 Å². The van der Waals surface area contributed by atoms with Crippen molar-refractivity contribution in [2.24, 2.45) is 5.92 Å². The molecule has 2 saturated heterocycles. The number of hydrogen-bond acceptors (Lipinski definition) is 7. The molecule has 4 rings (SSSR count). The molecule has 3 heterocycles. The number of halogens is 3. The Hall–Kier alpha value is -3.88. The SMILES string of the molecule is N#Cc1ccc(CCNC(=O)[C@@H]2CCCN2c2cc(N3CCC(CCCC(=O)O)CC3)nc(C(F)(F)F)n2)cc1. The lowest BCUT2D eigenvalue weighted by Crippen LogP contribution is -2.44. The van der Waals surface area contributed by atoms with Crippen LogP contribution in [0.5, 0.6) is 0 Å². The Bertz CT molecular complexity index is 1220. The van der Waals surface area contributed by atoms with E-state index >= 15 is 0 Å². The van der Waals surface area contributed by atoms with Crippen molar-refractivity contribution in [3.63, 3.8) is 0 Å². The van der Waals surface area contributed by atoms with Gasteiger partial charge in [0.1, 0.15) is 17.7 Å². The predicted molar refractivity (Wildman–Crippen MR) is 142 cm³/mol. The zero-order valence-corrected chi connectivity index (χ0v) is 22.2. The van der Waals surface area contributed by atoms with Crippen LogP contribution in [0.25, 0.3) is 0 Å². The van der Waals surface area contributed by atoms with E-state index in [-0.39, 0.29) is 24.0 Å². The third-order valence-corrected chi connectivity index (χ3v) is 7.54. The average molecular weight is 559 g/mol. The minimum atomic E-state index is -4.74. The molecule has 0 unspecified atom stereocenters. The normalized spacial score (nSPS) is 18.0. The molecule has 1 aromatic heterocycles. The van der Waals surface area contributed by atoms with E-state index in [1.807, 2.05) is 17.0 Å². The van der Waals surface area contributed by atoms with Gasteiger partial charge in [-0.3, -0.25) is 9.59 Å². The number of alkyl halides is 3. The summed E-state index contributed by atoms with van der Waals surface area (Å²) in [5.41, 5.74) is 1.51. The molecule has 0 radical (unpaired) electrons. The molecule has 2 N–H and O–H groups in total. The van der Waals surface area contributed by atoms with Crippen molar-refractivity contribution in [2.45, 2.75) is 63.6 Å². The number of nitrogens with zero attached hydrogens (tertiary/aromatic N) is 5. The average Bonchev–Trinajstić information content (AvgIpc) is 3.43. The Morgan fingerprint density at radius 3 is 2.42 bits per heavy atom. The van der Waals surface area contributed by atoms with Crippen molar-refractivity contribution in [3.8, 4) is 6.07 Å². The van der Waals surface area contributed by atoms with Crippen LogP contribution in [-0.4, -0.2) is 59.2 Å². The summed E-state index contributed by atoms with van der Waals surface area (Å²) in [6.07, 6.45) is -0.0560. The molecular weight excluding hydrogens is 525 g/mol. The fraction of sp³-hybridized carbons (Fsp3) is 0.536. The summed E-state index contributed by atoms with van der Waals surface area (Å²) >= 11 is 0. The van der Waals surface area contributed by atoms with E-state index in [1.54, 1.807) is 23.1 Å². The molecule has 0 bridgehead atoms. The number of aliphatic carboxylic acids is 1. The summed E-state index contributed by atoms with van der Waals surface area (Å²) in [4.78, 5) is 34.9. The number of carbonyl (C=O) groups excluding carboxylic acids is 1. The van der Waals surface area contributed by atoms with Crippen LogP contribution < -0.4 is 15.1 Å². The molecule has 0 spiro atoms. The molecular formula is C28H33F3N6O3. The van der Waals surface area contributed by atoms with Crippen LogP contribution in [0.2, 0.25) is 0 Å². The van der Waals surface area contributed by atoms with E-state index in [9.17, 15) is 22.8 Å². The topological polar surface area (TPSA) is 122 Å². The van der Waals surface area contributed by atoms with Gasteiger partial charge in [-0.2, -0.15) is 18.4 Å². The Labute approximate surface area is 231 Å². The fourth-order valence-electron chi connectivity index (χ4n) is 5.36. The van der Waals surface area contributed by atoms with Crippen LogP contribution in [0.4, 0.5) is 24.8 Å². The monoisotopic (exact) mass is 558 g/mol. The van der Waals surface area contributed by atoms with E-state index in [0.29, 0.717) is 63.3 Å². The molecule has 9 nitrogen and oxygen atoms in total. The molecule has 2 aromatic rings. The first-order valence-corrected chi connectivity index (χ1v) is 13.6. The first-order valence-electron chi connectivity index (χ1n) is 13.6. The van der Waals surface area contributed by atoms with Crippen LogP contribution in [0, 0.1) is 17.2 Å². The lowest BCUT2D eigenvalue weighted by atomic mass is 9.91. The number of carbonyl (C=O) groups is 2. The number of nitriles is 1. The predicted octanol–water partition coefficient (Wildman–Crippen LogP) is 4.17. The number of anilines is 2. The van der Waals surface area contributed by atoms with Gasteiger partial charge in [-0.15, -0.1) is 0 Å². The standard InChI is InChI=1S/C28H33F3N6O3/c29-28(30,31)27-34-23(36-15-11-19(12-16-36)3-1-5-25(38)39)17-24(35-27)37-14-2-4-22(37)26(40)33-13-10-20-6-8-21(18-32)9-7-20/h6-9,17,19,22H,1-5,10-16H2,(H,33,40)(H,38,39)/t22-/m0/s1. The van der Waals surface area contributed by atoms with Crippen molar-refractivity contribution in [1.29, 1.82) is 5.26 Å². The van der Waals surface area contributed by atoms with E-state index < -0.39 is 24.0 Å². The highest BCUT2D eigenvalue weighted by atomic mass is 19.4. The van der Waals surface area contributed by atoms with Gasteiger partial charge in [0, 0.05) is 38.7 Å². The van der Waals surface area contributed by atoms with Gasteiger partial charge in [0.2, 0.25) is 11.7 Å². The van der Waals surface area contributed by atoms with Gasteiger partial charge in [-0.05, 0) is 68.6 Å². The minimum absolute atomic E-state index is 0.0886. The van der Waals surface area contributed by atoms with Crippen LogP contribution in [0.1, 0.15) is 61.9 Å². The zero-order valence-electron chi connectivity index (χ0n) is 22.2. The maximum Gasteiger partial charge on any atom is 0.451 e. The van der Waals surface area contributed by atoms with Crippen molar-refractivity contribution < 1.29 is 27.9 Å². The molecule has 1 aromatic carbocycles. The largest absolute Gasteiger partial charge is 0.481 e. The van der Waals surface area contributed by atoms with E-state index in [2.05, 4.69) is 21.4 Å². The lowest BCUT2D eigenvalue weighted by molar-refractivity contribution is -0.144. The minimum Gasteiger partial charge on any atom is -0.481 e. The number of rotatable bonds is 10. The zero-order chi connectivity index (χ0) is 28.7. The van der Waals surface area contributed by atoms with Gasteiger partial charge in [-0.1, -0.05) is 12.1 Å². The molecule has 1 amide bonds. The second-order valence-corrected chi connectivity index (χ2v) is 10.3. The smallest absolute Gasteiger partial charge is 0.451 e. The molecule has 1 atom stereocenters. The second-order valence-electron chi connectivity index (χ2n) is 10.3. The summed E-state index contributed by atoms with van der Waals surface area (Å²) in [6, 6.07) is 10.0. The Kier molecular flexibility index (Phi) is 9.45. The molecule has 0 aliphatic carbocycles. The highest BCUT2D eigenvalue weighted by molar-refractivity contribution is 5.85. The van der Waals surface area contributed by atoms with Crippen molar-refractivity contribution >= 4 is 23.5 Å². The van der Waals surface area contributed by atoms with Gasteiger partial charge in [-0.25, -0.2) is 9.97 Å². The Morgan fingerprint density at radius 1 is 1.07 bits per heavy atom. The Balaban J connectivity index is 1.42. The number of amides is 1. The van der Waals surface area contributed by atoms with Crippen LogP contribution in [-0.2, 0) is 22.2 Å². The van der Waals surface area contributed by atoms with E-state index in [4.69, 9.17) is 10.4 Å². The van der Waals surface area contributed by atoms with Crippen LogP contribution in [0.15, 0.2) is 30.3 Å². The number of carboxylic acid groups (broad SMARTS) is 1. The first-order chi connectivity index (χ1) is 19.1. The quantitative estimate of drug-likeness (QED) is 0.446. The number of hydrogen-bond donors (Lipinski definition) is 2. The summed E-state index contributed by atoms with van der Waals surface area (Å²) in [5, 5.41) is 20.7. The van der Waals surface area contributed by atoms with Gasteiger partial charge in [0.05, 0.1) is 11.6 Å². The van der Waals surface area contributed by atoms with Gasteiger partial charge < -0.3 is 20.2 Å². The van der Waals surface area contributed by atoms with Gasteiger partial charge >= 0.3 is 12.1 Å². The molecule has 2 aliphatic heterocycles. The maximum absolute atomic E-state index is 13.8. The molecule has 2 fully saturated rings. The van der Waals surface area contributed by atoms with Crippen molar-refractivity contribution in [2.75, 3.05) is 36.0 Å². The number of nitrogens with one attached hydrogen (secondary N) is 1. The lowest BCUT2D eigenvalue weighted by Gasteiger charge is -2.34. The maximum atomic E-state index is 13.8. The number of aromatic nitrogens is 2. The van der Waals surface area contributed by atoms with Crippen molar-refractivity contribution in [1.82, 2.24) is 15.3 Å². The molecule has 40 heavy (non-hydrogen) atoms. The second kappa shape index (κ2) is 13.0. The van der Waals surface area contributed by atoms with E-state index in [1.165, 1.54) is 0 Å². The van der Waals surface area contributed by atoms with Crippen molar-refractivity contribution in [3.05, 3.63) is 47.3 Å². The summed E-state index contributed by atoms with van der Waals surface area (Å²) in [5.74, 6) is -1.71. The first kappa shape index (κ1) is 29.1. The molecule has 0 saturated carbocycles.